The van der Waals surface area contributed by atoms with Crippen molar-refractivity contribution in [2.75, 3.05) is 61.6 Å². The van der Waals surface area contributed by atoms with Crippen molar-refractivity contribution >= 4 is 168 Å². The van der Waals surface area contributed by atoms with Crippen LogP contribution in [0.5, 0.6) is 0 Å². The quantitative estimate of drug-likeness (QED) is 0.0254. The Bertz CT molecular complexity index is 6260. The zero-order valence-corrected chi connectivity index (χ0v) is 77.8. The standard InChI is InChI=1S/C30H26ClN5O2.C17H12ClNO3.C14H10ClN.C14H20N4O.C8H6ClN.C6H5Br.C4H8O.C4H9O.CH4.K/c1-34(2)15-8-16-36-25-12-7-6-11-21(25)28(33-36)27-26(29(37)32-30(27)38)23-18-35(20-9-4-3-5-10-20)24-14-13-19(31)17-22(23)24;1-22-17(21)16(20)14-10-19(12-5-3-2-4-6-12)15-8-7-11(18)9-13(14)15;15-12-6-7-14-11(10-12)8-9-16(14)13-4-2-1-3-5-13;1-17(2)8-5-9-18-13-7-4-3-6-11(13)12(16-18)10-14(15)19;9-7-1-2-8-6(5-7)3-4-10-8;7-6-4-2-1-3-5-6;1-2-4-5-3-1;1-4(2,3)5;;/h3-7,9-14,17-18H,8,15-16H2,1-2H3,(H,32,37,38);2-10H,1H3;1-10H;3-4,6-7H,5,8-10H2,1-2H3,(H2,15,19);1-5,10H;1-5H;1-4H2;1-3H3;1H4;/q;;;;;;;-1;;+1. The van der Waals surface area contributed by atoms with Crippen molar-refractivity contribution < 1.29 is 89.9 Å². The van der Waals surface area contributed by atoms with E-state index in [1.165, 1.54) is 31.2 Å². The molecule has 3 amide bonds. The Labute approximate surface area is 794 Å². The zero-order valence-electron chi connectivity index (χ0n) is 70.1. The topological polar surface area (TPSA) is 238 Å². The molecule has 26 heteroatoms. The number of ketones is 1. The van der Waals surface area contributed by atoms with Crippen LogP contribution in [0.1, 0.15) is 81.2 Å². The number of carbonyl (C=O) groups excluding carboxylic acids is 5. The van der Waals surface area contributed by atoms with Crippen molar-refractivity contribution in [1.29, 1.82) is 0 Å². The van der Waals surface area contributed by atoms with Gasteiger partial charge in [-0.15, -0.1) is 5.60 Å². The normalized spacial score (nSPS) is 12.1. The molecule has 0 radical (unpaired) electrons. The summed E-state index contributed by atoms with van der Waals surface area (Å²) in [7, 11) is 9.37. The number of aromatic amines is 1. The molecule has 6 aromatic heterocycles. The first-order valence-electron chi connectivity index (χ1n) is 39.7. The number of amides is 3. The van der Waals surface area contributed by atoms with Crippen molar-refractivity contribution in [3.05, 3.63) is 327 Å². The first-order chi connectivity index (χ1) is 58.7. The predicted octanol–water partition coefficient (Wildman–Crippen LogP) is 17.9. The first kappa shape index (κ1) is 97.7. The van der Waals surface area contributed by atoms with Crippen LogP contribution in [0, 0.1) is 0 Å². The first-order valence-corrected chi connectivity index (χ1v) is 42.0. The summed E-state index contributed by atoms with van der Waals surface area (Å²) in [6.45, 7) is 10.4. The van der Waals surface area contributed by atoms with E-state index in [1.807, 2.05) is 269 Å². The minimum atomic E-state index is -0.896. The van der Waals surface area contributed by atoms with Crippen molar-refractivity contribution in [1.82, 2.24) is 53.4 Å². The van der Waals surface area contributed by atoms with Crippen LogP contribution in [0.15, 0.2) is 284 Å². The van der Waals surface area contributed by atoms with Gasteiger partial charge in [-0.25, -0.2) is 4.79 Å². The Hall–Kier alpha value is -10.1. The van der Waals surface area contributed by atoms with E-state index in [0.717, 1.165) is 132 Å². The summed E-state index contributed by atoms with van der Waals surface area (Å²) in [6, 6.07) is 82.1. The Morgan fingerprint density at radius 2 is 0.984 bits per heavy atom. The van der Waals surface area contributed by atoms with Gasteiger partial charge in [-0.2, -0.15) is 10.2 Å². The number of rotatable bonds is 17. The Morgan fingerprint density at radius 1 is 0.532 bits per heavy atom. The number of fused-ring (bicyclic) bond motifs is 6. The molecule has 2 aliphatic rings. The molecule has 10 aromatic carbocycles. The molecule has 636 valence electrons. The van der Waals surface area contributed by atoms with Gasteiger partial charge in [-0.1, -0.05) is 200 Å². The van der Waals surface area contributed by atoms with Gasteiger partial charge in [0.15, 0.2) is 0 Å². The number of esters is 1. The Kier molecular flexibility index (Phi) is 37.3. The molecule has 2 aliphatic heterocycles. The second-order valence-electron chi connectivity index (χ2n) is 30.1. The third-order valence-electron chi connectivity index (χ3n) is 19.1. The van der Waals surface area contributed by atoms with Gasteiger partial charge >= 0.3 is 57.4 Å². The number of carbonyl (C=O) groups is 5. The Morgan fingerprint density at radius 3 is 1.50 bits per heavy atom. The molecule has 18 rings (SSSR count). The molecule has 4 N–H and O–H groups in total. The van der Waals surface area contributed by atoms with Gasteiger partial charge < -0.3 is 48.8 Å². The summed E-state index contributed by atoms with van der Waals surface area (Å²) in [5, 5.41) is 30.2. The third-order valence-corrected chi connectivity index (χ3v) is 20.6. The number of nitrogens with one attached hydrogen (secondary N) is 2. The van der Waals surface area contributed by atoms with Gasteiger partial charge in [-0.3, -0.25) is 33.9 Å². The second-order valence-corrected chi connectivity index (χ2v) is 32.7. The van der Waals surface area contributed by atoms with Crippen molar-refractivity contribution in [2.45, 2.75) is 79.0 Å². The largest absolute Gasteiger partial charge is 1.00 e. The summed E-state index contributed by atoms with van der Waals surface area (Å²) >= 11 is 27.5. The smallest absolute Gasteiger partial charge is 0.850 e. The number of para-hydroxylation sites is 5. The molecule has 16 aromatic rings. The van der Waals surface area contributed by atoms with Crippen LogP contribution in [-0.4, -0.2) is 145 Å². The molecule has 1 saturated heterocycles. The molecule has 0 bridgehead atoms. The molecule has 0 aliphatic carbocycles. The van der Waals surface area contributed by atoms with E-state index in [4.69, 9.17) is 62.0 Å². The van der Waals surface area contributed by atoms with E-state index in [9.17, 15) is 29.1 Å². The number of H-pyrrole nitrogens is 1. The molecule has 0 spiro atoms. The molecule has 124 heavy (non-hydrogen) atoms. The summed E-state index contributed by atoms with van der Waals surface area (Å²) in [5.41, 5.74) is 16.3. The van der Waals surface area contributed by atoms with E-state index in [-0.39, 0.29) is 82.3 Å². The van der Waals surface area contributed by atoms with Crippen molar-refractivity contribution in [2.24, 2.45) is 5.73 Å². The molecule has 1 fully saturated rings. The number of Topliss-reactive ketones (excluding diaryl/α,β-unsaturated/α-hetero) is 1. The van der Waals surface area contributed by atoms with Crippen LogP contribution in [0.2, 0.25) is 20.1 Å². The van der Waals surface area contributed by atoms with Crippen molar-refractivity contribution in [3.8, 4) is 17.1 Å². The summed E-state index contributed by atoms with van der Waals surface area (Å²) in [6.07, 6.45) is 12.2. The number of hydrogen-bond acceptors (Lipinski definition) is 12. The molecule has 8 heterocycles. The number of imide groups is 1. The van der Waals surface area contributed by atoms with Crippen LogP contribution in [0.3, 0.4) is 0 Å². The van der Waals surface area contributed by atoms with E-state index in [1.54, 1.807) is 39.1 Å². The van der Waals surface area contributed by atoms with Gasteiger partial charge in [0.05, 0.1) is 63.5 Å². The van der Waals surface area contributed by atoms with Gasteiger partial charge in [0, 0.05) is 136 Å². The number of primary amides is 1. The monoisotopic (exact) mass is 1830 g/mol. The second kappa shape index (κ2) is 47.3. The maximum absolute atomic E-state index is 13.4. The molecule has 0 saturated carbocycles. The number of aromatic nitrogens is 8. The zero-order chi connectivity index (χ0) is 87.0. The fraction of sp³-hybridized carbons (Fsp3) is 0.214. The number of nitrogens with zero attached hydrogens (tertiary/aromatic N) is 9. The number of halogens is 5. The maximum Gasteiger partial charge on any atom is 1.00 e. The van der Waals surface area contributed by atoms with E-state index in [2.05, 4.69) is 88.9 Å². The summed E-state index contributed by atoms with van der Waals surface area (Å²) in [5.74, 6) is -2.82. The van der Waals surface area contributed by atoms with E-state index < -0.39 is 29.2 Å². The Balaban J connectivity index is 0.000000175. The number of ether oxygens (including phenoxy) is 2. The molecular weight excluding hydrogens is 1730 g/mol. The SMILES string of the molecule is Brc1ccccc1.C.C1CCOC1.CC(C)(C)[O-].CN(C)CCCn1nc(C2=C(c3cn(-c4ccccc4)c4ccc(Cl)cc34)C(=O)NC2=O)c2ccccc21.CN(C)CCCn1nc(CC(N)=O)c2ccccc21.COC(=O)C(=O)c1cn(-c2ccccc2)c2ccc(Cl)cc12.Clc1ccc2[nH]ccc2c1.Clc1ccc2c(ccn2-c2ccccc2)c1.[K+]. The minimum Gasteiger partial charge on any atom is -0.850 e. The third kappa shape index (κ3) is 27.0. The number of methoxy groups -OCH3 is 1. The van der Waals surface area contributed by atoms with Gasteiger partial charge in [-0.05, 0) is 213 Å². The van der Waals surface area contributed by atoms with Gasteiger partial charge in [0.25, 0.3) is 17.6 Å². The fourth-order valence-electron chi connectivity index (χ4n) is 13.6. The number of aryl methyl sites for hydroxylation is 2. The molecule has 0 atom stereocenters. The number of benzene rings is 10. The van der Waals surface area contributed by atoms with E-state index >= 15 is 0 Å². The van der Waals surface area contributed by atoms with Crippen LogP contribution in [0.25, 0.3) is 93.6 Å². The number of hydrogen-bond donors (Lipinski definition) is 3. The average molecular weight is 1830 g/mol. The average Bonchev–Trinajstić information content (AvgIpc) is 1.58. The molecule has 20 nitrogen and oxygen atoms in total. The van der Waals surface area contributed by atoms with Gasteiger partial charge in [0.2, 0.25) is 5.91 Å². The summed E-state index contributed by atoms with van der Waals surface area (Å²) < 4.78 is 20.5. The van der Waals surface area contributed by atoms with Gasteiger partial charge in [0.1, 0.15) is 5.69 Å². The molecule has 0 unspecified atom stereocenters. The predicted molar refractivity (Wildman–Crippen MR) is 504 cm³/mol. The van der Waals surface area contributed by atoms with Crippen molar-refractivity contribution in [3.63, 3.8) is 0 Å². The van der Waals surface area contributed by atoms with E-state index in [0.29, 0.717) is 38.8 Å². The van der Waals surface area contributed by atoms with Crippen LogP contribution in [0.4, 0.5) is 0 Å². The van der Waals surface area contributed by atoms with Crippen LogP contribution >= 0.6 is 62.3 Å². The van der Waals surface area contributed by atoms with Crippen LogP contribution < -0.4 is 67.5 Å². The molecular formula is C98H100BrCl4KN12O8. The minimum absolute atomic E-state index is 0. The van der Waals surface area contributed by atoms with Crippen LogP contribution in [-0.2, 0) is 48.2 Å². The maximum atomic E-state index is 13.4. The fourth-order valence-corrected chi connectivity index (χ4v) is 14.6. The summed E-state index contributed by atoms with van der Waals surface area (Å²) in [4.78, 5) is 68.9. The number of nitrogens with two attached hydrogens (primary N) is 1.